The molecule has 0 bridgehead atoms. The van der Waals surface area contributed by atoms with Gasteiger partial charge in [-0.1, -0.05) is 18.1 Å². The fourth-order valence-corrected chi connectivity index (χ4v) is 4.24. The van der Waals surface area contributed by atoms with E-state index in [2.05, 4.69) is 5.92 Å². The number of benzene rings is 4. The van der Waals surface area contributed by atoms with Crippen LogP contribution in [0.1, 0.15) is 22.3 Å². The molecule has 0 aliphatic carbocycles. The van der Waals surface area contributed by atoms with Crippen LogP contribution in [0.3, 0.4) is 0 Å². The van der Waals surface area contributed by atoms with Crippen LogP contribution in [0.15, 0.2) is 84.9 Å². The van der Waals surface area contributed by atoms with E-state index in [1.807, 2.05) is 24.3 Å². The molecule has 9 nitrogen and oxygen atoms in total. The van der Waals surface area contributed by atoms with E-state index in [0.717, 1.165) is 0 Å². The lowest BCUT2D eigenvalue weighted by Gasteiger charge is -2.17. The lowest BCUT2D eigenvalue weighted by Crippen LogP contribution is -2.00. The van der Waals surface area contributed by atoms with Gasteiger partial charge in [0.05, 0.1) is 22.3 Å². The quantitative estimate of drug-likeness (QED) is 0.148. The smallest absolute Gasteiger partial charge is 0.457 e. The Hall–Kier alpha value is -6.01. The monoisotopic (exact) mass is 556 g/mol. The van der Waals surface area contributed by atoms with Crippen LogP contribution in [0, 0.1) is 57.7 Å². The Bertz CT molecular complexity index is 1670. The van der Waals surface area contributed by atoms with Gasteiger partial charge in [0.2, 0.25) is 0 Å². The Morgan fingerprint density at radius 3 is 1.37 bits per heavy atom. The van der Waals surface area contributed by atoms with Gasteiger partial charge in [-0.25, -0.2) is 0 Å². The minimum absolute atomic E-state index is 0.0670. The first-order chi connectivity index (χ1) is 20.0. The second-order valence-electron chi connectivity index (χ2n) is 7.90. The predicted octanol–water partition coefficient (Wildman–Crippen LogP) is 7.09. The Morgan fingerprint density at radius 2 is 0.951 bits per heavy atom. The highest BCUT2D eigenvalue weighted by Crippen LogP contribution is 2.43. The number of hydrogen-bond acceptors (Lipinski definition) is 9. The molecule has 4 aromatic rings. The number of hydrogen-bond donors (Lipinski definition) is 0. The van der Waals surface area contributed by atoms with Crippen molar-refractivity contribution < 1.29 is 23.0 Å². The third kappa shape index (κ3) is 7.52. The number of nitrogens with zero attached hydrogens (tertiary/aromatic N) is 4. The summed E-state index contributed by atoms with van der Waals surface area (Å²) < 4.78 is 29.2. The Morgan fingerprint density at radius 1 is 0.537 bits per heavy atom. The Balaban J connectivity index is 1.48. The van der Waals surface area contributed by atoms with Gasteiger partial charge in [0.15, 0.2) is 0 Å². The maximum Gasteiger partial charge on any atom is 0.464 e. The van der Waals surface area contributed by atoms with Crippen LogP contribution in [0.25, 0.3) is 0 Å². The molecule has 0 N–H and O–H groups in total. The molecule has 0 unspecified atom stereocenters. The molecule has 4 rings (SSSR count). The summed E-state index contributed by atoms with van der Waals surface area (Å²) in [6, 6.07) is 30.4. The van der Waals surface area contributed by atoms with Gasteiger partial charge >= 0.3 is 8.60 Å². The molecule has 0 aromatic heterocycles. The molecule has 0 amide bonds. The molecule has 0 radical (unpaired) electrons. The molecule has 196 valence electrons. The van der Waals surface area contributed by atoms with Crippen molar-refractivity contribution in [3.05, 3.63) is 107 Å². The lowest BCUT2D eigenvalue weighted by molar-refractivity contribution is 0.297. The van der Waals surface area contributed by atoms with Crippen LogP contribution in [-0.4, -0.2) is 6.61 Å². The first-order valence-corrected chi connectivity index (χ1v) is 12.8. The van der Waals surface area contributed by atoms with Crippen molar-refractivity contribution in [3.8, 4) is 71.1 Å². The van der Waals surface area contributed by atoms with E-state index in [0.29, 0.717) is 34.5 Å². The van der Waals surface area contributed by atoms with E-state index in [4.69, 9.17) is 40.0 Å². The summed E-state index contributed by atoms with van der Waals surface area (Å²) in [7, 11) is -2.00. The summed E-state index contributed by atoms with van der Waals surface area (Å²) in [6.45, 7) is -0.0670. The molecule has 0 atom stereocenters. The van der Waals surface area contributed by atoms with Gasteiger partial charge in [-0.05, 0) is 60.7 Å². The highest BCUT2D eigenvalue weighted by atomic mass is 31.2. The highest BCUT2D eigenvalue weighted by Gasteiger charge is 2.18. The zero-order valence-electron chi connectivity index (χ0n) is 21.1. The van der Waals surface area contributed by atoms with Gasteiger partial charge in [0, 0.05) is 12.1 Å². The van der Waals surface area contributed by atoms with E-state index >= 15 is 0 Å². The molecule has 4 aromatic carbocycles. The second kappa shape index (κ2) is 13.7. The predicted molar refractivity (Wildman–Crippen MR) is 148 cm³/mol. The molecule has 41 heavy (non-hydrogen) atoms. The van der Waals surface area contributed by atoms with E-state index in [-0.39, 0.29) is 28.9 Å². The van der Waals surface area contributed by atoms with Gasteiger partial charge in [-0.2, -0.15) is 21.0 Å². The zero-order chi connectivity index (χ0) is 29.0. The van der Waals surface area contributed by atoms with Gasteiger partial charge in [-0.3, -0.25) is 4.52 Å². The van der Waals surface area contributed by atoms with E-state index in [1.165, 1.54) is 24.3 Å². The average molecular weight is 556 g/mol. The van der Waals surface area contributed by atoms with Crippen LogP contribution >= 0.6 is 8.60 Å². The molecule has 0 saturated heterocycles. The Kier molecular flexibility index (Phi) is 9.35. The molecule has 0 aliphatic heterocycles. The molecular weight excluding hydrogens is 539 g/mol. The Labute approximate surface area is 237 Å². The minimum Gasteiger partial charge on any atom is -0.457 e. The molecule has 0 spiro atoms. The van der Waals surface area contributed by atoms with E-state index < -0.39 is 8.60 Å². The summed E-state index contributed by atoms with van der Waals surface area (Å²) in [5.74, 6) is 4.70. The van der Waals surface area contributed by atoms with Gasteiger partial charge in [0.25, 0.3) is 0 Å². The molecule has 0 fully saturated rings. The first-order valence-electron chi connectivity index (χ1n) is 11.7. The second-order valence-corrected chi connectivity index (χ2v) is 8.97. The minimum atomic E-state index is -2.00. The maximum atomic E-state index is 9.26. The van der Waals surface area contributed by atoms with Crippen molar-refractivity contribution in [3.63, 3.8) is 0 Å². The molecule has 0 aliphatic rings. The fourth-order valence-electron chi connectivity index (χ4n) is 3.35. The van der Waals surface area contributed by atoms with Crippen molar-refractivity contribution in [1.29, 1.82) is 21.0 Å². The van der Waals surface area contributed by atoms with Crippen molar-refractivity contribution >= 4 is 8.60 Å². The van der Waals surface area contributed by atoms with Crippen LogP contribution in [0.2, 0.25) is 0 Å². The third-order valence-electron chi connectivity index (χ3n) is 5.16. The number of terminal acetylenes is 1. The summed E-state index contributed by atoms with van der Waals surface area (Å²) >= 11 is 0. The number of ether oxygens (including phenoxy) is 2. The summed E-state index contributed by atoms with van der Waals surface area (Å²) in [4.78, 5) is 0. The summed E-state index contributed by atoms with van der Waals surface area (Å²) in [5, 5.41) is 36.8. The topological polar surface area (TPSA) is 141 Å². The molecule has 0 heterocycles. The molecule has 0 saturated carbocycles. The van der Waals surface area contributed by atoms with Crippen molar-refractivity contribution in [2.45, 2.75) is 0 Å². The van der Waals surface area contributed by atoms with E-state index in [9.17, 15) is 10.5 Å². The largest absolute Gasteiger partial charge is 0.464 e. The van der Waals surface area contributed by atoms with Gasteiger partial charge < -0.3 is 18.5 Å². The SMILES string of the molecule is C#CCOP(Oc1cccc(Oc2ccc(C#N)c(C#N)c2)c1)Oc1cccc(Oc2ccc(C#N)c(C#N)c2)c1. The maximum absolute atomic E-state index is 9.26. The van der Waals surface area contributed by atoms with Crippen LogP contribution in [0.4, 0.5) is 0 Å². The van der Waals surface area contributed by atoms with Crippen molar-refractivity contribution in [2.24, 2.45) is 0 Å². The van der Waals surface area contributed by atoms with Crippen molar-refractivity contribution in [2.75, 3.05) is 6.61 Å². The highest BCUT2D eigenvalue weighted by molar-refractivity contribution is 7.42. The number of rotatable bonds is 10. The van der Waals surface area contributed by atoms with Crippen LogP contribution < -0.4 is 18.5 Å². The summed E-state index contributed by atoms with van der Waals surface area (Å²) in [5.41, 5.74) is 0.910. The van der Waals surface area contributed by atoms with E-state index in [1.54, 1.807) is 60.7 Å². The molecule has 10 heteroatoms. The van der Waals surface area contributed by atoms with Crippen LogP contribution in [-0.2, 0) is 4.52 Å². The van der Waals surface area contributed by atoms with Gasteiger partial charge in [0.1, 0.15) is 65.4 Å². The fraction of sp³-hybridized carbons (Fsp3) is 0.0323. The third-order valence-corrected chi connectivity index (χ3v) is 6.22. The first kappa shape index (κ1) is 28.0. The van der Waals surface area contributed by atoms with Gasteiger partial charge in [-0.15, -0.1) is 6.42 Å². The summed E-state index contributed by atoms with van der Waals surface area (Å²) in [6.07, 6.45) is 5.37. The van der Waals surface area contributed by atoms with Crippen molar-refractivity contribution in [1.82, 2.24) is 0 Å². The normalized spacial score (nSPS) is 9.76. The van der Waals surface area contributed by atoms with Crippen LogP contribution in [0.5, 0.6) is 34.5 Å². The standard InChI is InChI=1S/C31H17N4O5P/c1-2-13-36-41(39-30-7-3-5-26(16-30)37-28-11-9-22(18-32)24(14-28)20-34)40-31-8-4-6-27(17-31)38-29-12-10-23(19-33)25(15-29)21-35/h1,3-12,14-17H,13H2. The zero-order valence-corrected chi connectivity index (χ0v) is 22.0. The number of nitriles is 4. The lowest BCUT2D eigenvalue weighted by atomic mass is 10.1. The molecular formula is C31H17N4O5P. The average Bonchev–Trinajstić information content (AvgIpc) is 3.00.